The van der Waals surface area contributed by atoms with Gasteiger partial charge in [-0.2, -0.15) is 0 Å². The highest BCUT2D eigenvalue weighted by Crippen LogP contribution is 2.46. The number of nitrogens with zero attached hydrogens (tertiary/aromatic N) is 6. The van der Waals surface area contributed by atoms with Crippen LogP contribution in [-0.4, -0.2) is 63.3 Å². The predicted molar refractivity (Wildman–Crippen MR) is 109 cm³/mol. The molecule has 4 fully saturated rings. The van der Waals surface area contributed by atoms with Crippen LogP contribution >= 0.6 is 15.9 Å². The minimum absolute atomic E-state index is 0.336. The zero-order valence-electron chi connectivity index (χ0n) is 15.4. The van der Waals surface area contributed by atoms with Gasteiger partial charge in [-0.1, -0.05) is 0 Å². The van der Waals surface area contributed by atoms with E-state index in [2.05, 4.69) is 45.7 Å². The summed E-state index contributed by atoms with van der Waals surface area (Å²) in [6, 6.07) is 0. The van der Waals surface area contributed by atoms with E-state index < -0.39 is 7.12 Å². The zero-order valence-corrected chi connectivity index (χ0v) is 17.0. The standard InChI is InChI=1S/C9H12BN3O2.C9H10BrN3/c14-10(15)8-2-11-9(12-3-8)13-4-6-1-7(6)5-13;10-8-2-11-9(12-3-8)13-4-6-1-7(6)5-13/h2-3,6-7,14-15H,1,4-5H2;2-3,6-7H,1,4-5H2. The van der Waals surface area contributed by atoms with Gasteiger partial charge in [-0.05, 0) is 52.4 Å². The molecule has 146 valence electrons. The van der Waals surface area contributed by atoms with Gasteiger partial charge >= 0.3 is 7.12 Å². The first kappa shape index (κ1) is 18.3. The number of anilines is 2. The quantitative estimate of drug-likeness (QED) is 0.652. The van der Waals surface area contributed by atoms with E-state index >= 15 is 0 Å². The molecule has 2 aromatic heterocycles. The van der Waals surface area contributed by atoms with Crippen LogP contribution in [0, 0.1) is 23.7 Å². The molecule has 8 nitrogen and oxygen atoms in total. The van der Waals surface area contributed by atoms with E-state index in [1.165, 1.54) is 25.2 Å². The maximum Gasteiger partial charge on any atom is 0.491 e. The fraction of sp³-hybridized carbons (Fsp3) is 0.556. The van der Waals surface area contributed by atoms with Gasteiger partial charge in [-0.15, -0.1) is 0 Å². The number of fused-ring (bicyclic) bond motifs is 2. The van der Waals surface area contributed by atoms with Crippen LogP contribution in [0.5, 0.6) is 0 Å². The summed E-state index contributed by atoms with van der Waals surface area (Å²) in [5, 5.41) is 17.8. The number of hydrogen-bond donors (Lipinski definition) is 2. The van der Waals surface area contributed by atoms with Crippen LogP contribution in [0.2, 0.25) is 0 Å². The molecule has 4 unspecified atom stereocenters. The molecule has 4 atom stereocenters. The van der Waals surface area contributed by atoms with E-state index in [1.807, 2.05) is 12.4 Å². The van der Waals surface area contributed by atoms with Gasteiger partial charge in [0.2, 0.25) is 11.9 Å². The summed E-state index contributed by atoms with van der Waals surface area (Å²) in [7, 11) is -1.48. The molecule has 0 amide bonds. The Morgan fingerprint density at radius 2 is 1.14 bits per heavy atom. The predicted octanol–water partition coefficient (Wildman–Crippen LogP) is 0.308. The lowest BCUT2D eigenvalue weighted by Crippen LogP contribution is -2.32. The number of aromatic nitrogens is 4. The molecule has 2 aliphatic carbocycles. The Kier molecular flexibility index (Phi) is 4.72. The van der Waals surface area contributed by atoms with Crippen LogP contribution in [0.4, 0.5) is 11.9 Å². The summed E-state index contributed by atoms with van der Waals surface area (Å²) in [4.78, 5) is 21.3. The molecule has 4 aliphatic rings. The lowest BCUT2D eigenvalue weighted by molar-refractivity contribution is 0.425. The molecule has 0 radical (unpaired) electrons. The van der Waals surface area contributed by atoms with Crippen molar-refractivity contribution in [2.75, 3.05) is 36.0 Å². The fourth-order valence-corrected chi connectivity index (χ4v) is 4.42. The zero-order chi connectivity index (χ0) is 19.3. The first-order chi connectivity index (χ1) is 13.6. The molecule has 0 aromatic carbocycles. The summed E-state index contributed by atoms with van der Waals surface area (Å²) in [5.41, 5.74) is 0.336. The molecule has 2 aromatic rings. The van der Waals surface area contributed by atoms with Crippen LogP contribution in [0.3, 0.4) is 0 Å². The Morgan fingerprint density at radius 3 is 1.54 bits per heavy atom. The summed E-state index contributed by atoms with van der Waals surface area (Å²) >= 11 is 3.33. The van der Waals surface area contributed by atoms with E-state index in [-0.39, 0.29) is 0 Å². The van der Waals surface area contributed by atoms with E-state index in [9.17, 15) is 0 Å². The van der Waals surface area contributed by atoms with Gasteiger partial charge in [-0.25, -0.2) is 19.9 Å². The van der Waals surface area contributed by atoms with E-state index in [0.717, 1.165) is 60.3 Å². The largest absolute Gasteiger partial charge is 0.491 e. The monoisotopic (exact) mass is 444 g/mol. The second-order valence-electron chi connectivity index (χ2n) is 8.21. The van der Waals surface area contributed by atoms with Gasteiger partial charge in [0.1, 0.15) is 0 Å². The Balaban J connectivity index is 0.000000123. The van der Waals surface area contributed by atoms with Crippen LogP contribution in [0.15, 0.2) is 29.3 Å². The van der Waals surface area contributed by atoms with Gasteiger partial charge in [-0.3, -0.25) is 0 Å². The lowest BCUT2D eigenvalue weighted by Gasteiger charge is -2.17. The van der Waals surface area contributed by atoms with Crippen molar-refractivity contribution in [1.82, 2.24) is 19.9 Å². The summed E-state index contributed by atoms with van der Waals surface area (Å²) in [5.74, 6) is 5.15. The van der Waals surface area contributed by atoms with Crippen molar-refractivity contribution in [2.45, 2.75) is 12.8 Å². The van der Waals surface area contributed by atoms with Crippen LogP contribution < -0.4 is 15.3 Å². The third-order valence-electron chi connectivity index (χ3n) is 6.09. The first-order valence-corrected chi connectivity index (χ1v) is 10.5. The molecule has 0 spiro atoms. The average Bonchev–Trinajstić information content (AvgIpc) is 3.55. The Hall–Kier alpha value is -1.78. The van der Waals surface area contributed by atoms with Crippen molar-refractivity contribution in [3.05, 3.63) is 29.3 Å². The molecular weight excluding hydrogens is 423 g/mol. The SMILES string of the molecule is Brc1cnc(N2CC3CC3C2)nc1.OB(O)c1cnc(N2CC3CC3C2)nc1. The van der Waals surface area contributed by atoms with Gasteiger partial charge in [0.15, 0.2) is 0 Å². The molecule has 2 N–H and O–H groups in total. The number of hydrogen-bond acceptors (Lipinski definition) is 8. The van der Waals surface area contributed by atoms with Gasteiger partial charge in [0.25, 0.3) is 0 Å². The Bertz CT molecular complexity index is 819. The summed E-state index contributed by atoms with van der Waals surface area (Å²) < 4.78 is 0.945. The van der Waals surface area contributed by atoms with Crippen LogP contribution in [0.1, 0.15) is 12.8 Å². The highest BCUT2D eigenvalue weighted by Gasteiger charge is 2.46. The van der Waals surface area contributed by atoms with Crippen molar-refractivity contribution < 1.29 is 10.0 Å². The van der Waals surface area contributed by atoms with Crippen molar-refractivity contribution >= 4 is 40.4 Å². The normalized spacial score (nSPS) is 29.0. The summed E-state index contributed by atoms with van der Waals surface area (Å²) in [6.07, 6.45) is 9.34. The molecule has 10 heteroatoms. The van der Waals surface area contributed by atoms with Crippen molar-refractivity contribution in [3.63, 3.8) is 0 Å². The molecular formula is C18H22BBrN6O2. The molecule has 2 saturated carbocycles. The number of halogens is 1. The summed E-state index contributed by atoms with van der Waals surface area (Å²) in [6.45, 7) is 4.41. The van der Waals surface area contributed by atoms with E-state index in [1.54, 1.807) is 0 Å². The number of piperidine rings is 2. The molecule has 4 heterocycles. The average molecular weight is 445 g/mol. The van der Waals surface area contributed by atoms with Crippen molar-refractivity contribution in [1.29, 1.82) is 0 Å². The fourth-order valence-electron chi connectivity index (χ4n) is 4.22. The molecule has 6 rings (SSSR count). The maximum atomic E-state index is 8.89. The lowest BCUT2D eigenvalue weighted by atomic mass is 9.83. The highest BCUT2D eigenvalue weighted by molar-refractivity contribution is 9.10. The second-order valence-corrected chi connectivity index (χ2v) is 9.13. The third-order valence-corrected chi connectivity index (χ3v) is 6.50. The smallest absolute Gasteiger partial charge is 0.423 e. The van der Waals surface area contributed by atoms with Gasteiger partial charge in [0, 0.05) is 56.4 Å². The minimum Gasteiger partial charge on any atom is -0.423 e. The van der Waals surface area contributed by atoms with Crippen molar-refractivity contribution in [3.8, 4) is 0 Å². The number of rotatable bonds is 3. The molecule has 28 heavy (non-hydrogen) atoms. The van der Waals surface area contributed by atoms with E-state index in [0.29, 0.717) is 11.4 Å². The topological polar surface area (TPSA) is 98.5 Å². The Labute approximate surface area is 172 Å². The third kappa shape index (κ3) is 3.85. The molecule has 2 aliphatic heterocycles. The molecule has 0 bridgehead atoms. The maximum absolute atomic E-state index is 8.89. The Morgan fingerprint density at radius 1 is 0.750 bits per heavy atom. The highest BCUT2D eigenvalue weighted by atomic mass is 79.9. The van der Waals surface area contributed by atoms with E-state index in [4.69, 9.17) is 10.0 Å². The first-order valence-electron chi connectivity index (χ1n) is 9.72. The second kappa shape index (κ2) is 7.24. The van der Waals surface area contributed by atoms with Gasteiger partial charge in [0.05, 0.1) is 4.47 Å². The molecule has 2 saturated heterocycles. The van der Waals surface area contributed by atoms with Crippen LogP contribution in [0.25, 0.3) is 0 Å². The minimum atomic E-state index is -1.48. The van der Waals surface area contributed by atoms with Crippen molar-refractivity contribution in [2.24, 2.45) is 23.7 Å². The van der Waals surface area contributed by atoms with Crippen LogP contribution in [-0.2, 0) is 0 Å². The van der Waals surface area contributed by atoms with Gasteiger partial charge < -0.3 is 19.8 Å².